The van der Waals surface area contributed by atoms with Gasteiger partial charge in [0.25, 0.3) is 0 Å². The van der Waals surface area contributed by atoms with Gasteiger partial charge in [0.2, 0.25) is 11.8 Å². The highest BCUT2D eigenvalue weighted by molar-refractivity contribution is 7.91. The highest BCUT2D eigenvalue weighted by Crippen LogP contribution is 2.28. The number of nitrogens with one attached hydrogen (secondary N) is 1. The maximum atomic E-state index is 12.5. The Hall–Kier alpha value is -3.38. The van der Waals surface area contributed by atoms with Crippen molar-refractivity contribution in [2.45, 2.75) is 31.3 Å². The minimum atomic E-state index is -3.28. The number of sulfone groups is 1. The summed E-state index contributed by atoms with van der Waals surface area (Å²) in [6, 6.07) is 5.48. The fraction of sp³-hybridized carbons (Fsp3) is 0.381. The van der Waals surface area contributed by atoms with Crippen molar-refractivity contribution >= 4 is 21.5 Å². The second-order valence-electron chi connectivity index (χ2n) is 7.95. The molecule has 2 atom stereocenters. The van der Waals surface area contributed by atoms with Crippen molar-refractivity contribution in [1.82, 2.24) is 29.8 Å². The molecule has 0 aliphatic carbocycles. The Bertz CT molecular complexity index is 1220. The number of anilines is 2. The molecule has 0 saturated carbocycles. The number of hydrogen-bond acceptors (Lipinski definition) is 11. The van der Waals surface area contributed by atoms with E-state index in [1.807, 2.05) is 12.1 Å². The van der Waals surface area contributed by atoms with Crippen LogP contribution in [0.1, 0.15) is 17.8 Å². The number of pyridine rings is 2. The number of likely N-dealkylation sites (tertiary alicyclic amines) is 1. The summed E-state index contributed by atoms with van der Waals surface area (Å²) in [4.78, 5) is 23.2. The smallest absolute Gasteiger partial charge is 0.223 e. The predicted octanol–water partition coefficient (Wildman–Crippen LogP) is 1.28. The first-order chi connectivity index (χ1) is 15.7. The van der Waals surface area contributed by atoms with Gasteiger partial charge in [-0.3, -0.25) is 9.88 Å². The van der Waals surface area contributed by atoms with E-state index in [2.05, 4.69) is 35.1 Å². The van der Waals surface area contributed by atoms with Crippen molar-refractivity contribution in [3.63, 3.8) is 0 Å². The van der Waals surface area contributed by atoms with Crippen LogP contribution in [0.5, 0.6) is 5.88 Å². The monoisotopic (exact) mass is 470 g/mol. The van der Waals surface area contributed by atoms with Gasteiger partial charge in [-0.15, -0.1) is 0 Å². The fourth-order valence-corrected chi connectivity index (χ4v) is 5.20. The van der Waals surface area contributed by atoms with Gasteiger partial charge in [-0.2, -0.15) is 9.97 Å². The van der Waals surface area contributed by atoms with Gasteiger partial charge in [-0.25, -0.2) is 18.4 Å². The Kier molecular flexibility index (Phi) is 6.38. The number of aryl methyl sites for hydroxylation is 1. The van der Waals surface area contributed by atoms with Gasteiger partial charge >= 0.3 is 0 Å². The molecule has 3 aromatic rings. The number of methoxy groups -OCH3 is 1. The summed E-state index contributed by atoms with van der Waals surface area (Å²) in [7, 11) is -1.73. The van der Waals surface area contributed by atoms with Gasteiger partial charge in [-0.05, 0) is 31.0 Å². The lowest BCUT2D eigenvalue weighted by Crippen LogP contribution is -2.44. The van der Waals surface area contributed by atoms with Crippen LogP contribution in [0, 0.1) is 6.92 Å². The molecule has 0 bridgehead atoms. The standard InChI is InChI=1S/C21H26N8O3S/c1-13-25-19(28-21(22)26-13)15-8-14(9-23-10-15)12-29-7-6-17(33(3,30)31)20(29)27-16-4-5-18(32-2)24-11-16/h4-5,8-11,17,20,27H,6-7,12H2,1-3H3,(H2,22,25,26,28). The second-order valence-corrected chi connectivity index (χ2v) is 10.2. The minimum Gasteiger partial charge on any atom is -0.481 e. The van der Waals surface area contributed by atoms with Crippen LogP contribution in [0.15, 0.2) is 36.8 Å². The summed E-state index contributed by atoms with van der Waals surface area (Å²) >= 11 is 0. The number of ether oxygens (including phenoxy) is 1. The Morgan fingerprint density at radius 1 is 1.21 bits per heavy atom. The van der Waals surface area contributed by atoms with Crippen LogP contribution < -0.4 is 15.8 Å². The van der Waals surface area contributed by atoms with Gasteiger partial charge in [0, 0.05) is 43.4 Å². The summed E-state index contributed by atoms with van der Waals surface area (Å²) in [5.74, 6) is 1.61. The molecule has 4 heterocycles. The van der Waals surface area contributed by atoms with E-state index in [4.69, 9.17) is 10.5 Å². The van der Waals surface area contributed by atoms with Crippen LogP contribution in [-0.2, 0) is 16.4 Å². The predicted molar refractivity (Wildman–Crippen MR) is 124 cm³/mol. The molecule has 0 spiro atoms. The third kappa shape index (κ3) is 5.34. The summed E-state index contributed by atoms with van der Waals surface area (Å²) < 4.78 is 30.1. The normalized spacial score (nSPS) is 18.9. The van der Waals surface area contributed by atoms with Gasteiger partial charge < -0.3 is 15.8 Å². The molecule has 174 valence electrons. The quantitative estimate of drug-likeness (QED) is 0.514. The van der Waals surface area contributed by atoms with Crippen LogP contribution in [0.25, 0.3) is 11.4 Å². The average Bonchev–Trinajstić information content (AvgIpc) is 3.16. The first-order valence-corrected chi connectivity index (χ1v) is 12.3. The zero-order valence-electron chi connectivity index (χ0n) is 18.6. The van der Waals surface area contributed by atoms with Crippen LogP contribution in [0.2, 0.25) is 0 Å². The van der Waals surface area contributed by atoms with Crippen molar-refractivity contribution in [2.75, 3.05) is 31.0 Å². The molecule has 1 aliphatic heterocycles. The Morgan fingerprint density at radius 3 is 2.70 bits per heavy atom. The third-order valence-electron chi connectivity index (χ3n) is 5.46. The largest absolute Gasteiger partial charge is 0.481 e. The topological polar surface area (TPSA) is 149 Å². The van der Waals surface area contributed by atoms with Crippen LogP contribution in [-0.4, -0.2) is 69.6 Å². The lowest BCUT2D eigenvalue weighted by molar-refractivity contribution is 0.267. The molecule has 3 N–H and O–H groups in total. The fourth-order valence-electron chi connectivity index (χ4n) is 3.95. The molecule has 12 heteroatoms. The van der Waals surface area contributed by atoms with E-state index in [1.54, 1.807) is 38.7 Å². The van der Waals surface area contributed by atoms with Crippen molar-refractivity contribution in [3.8, 4) is 17.3 Å². The molecule has 1 aliphatic rings. The molecule has 1 fully saturated rings. The first-order valence-electron chi connectivity index (χ1n) is 10.3. The molecular weight excluding hydrogens is 444 g/mol. The van der Waals surface area contributed by atoms with Gasteiger partial charge in [0.15, 0.2) is 15.7 Å². The summed E-state index contributed by atoms with van der Waals surface area (Å²) in [5.41, 5.74) is 8.09. The lowest BCUT2D eigenvalue weighted by Gasteiger charge is -2.29. The van der Waals surface area contributed by atoms with Crippen LogP contribution >= 0.6 is 0 Å². The maximum Gasteiger partial charge on any atom is 0.223 e. The van der Waals surface area contributed by atoms with Crippen molar-refractivity contribution in [3.05, 3.63) is 48.2 Å². The molecule has 0 radical (unpaired) electrons. The number of rotatable bonds is 7. The highest BCUT2D eigenvalue weighted by Gasteiger charge is 2.40. The number of nitrogen functional groups attached to an aromatic ring is 1. The molecular formula is C21H26N8O3S. The zero-order chi connectivity index (χ0) is 23.6. The SMILES string of the molecule is COc1ccc(NC2C(S(C)(=O)=O)CCN2Cc2cncc(-c3nc(C)nc(N)n3)c2)cn1. The minimum absolute atomic E-state index is 0.149. The maximum absolute atomic E-state index is 12.5. The highest BCUT2D eigenvalue weighted by atomic mass is 32.2. The van der Waals surface area contributed by atoms with E-state index in [9.17, 15) is 8.42 Å². The lowest BCUT2D eigenvalue weighted by atomic mass is 10.2. The van der Waals surface area contributed by atoms with Gasteiger partial charge in [-0.1, -0.05) is 0 Å². The van der Waals surface area contributed by atoms with Crippen molar-refractivity contribution in [2.24, 2.45) is 0 Å². The molecule has 0 aromatic carbocycles. The van der Waals surface area contributed by atoms with E-state index in [-0.39, 0.29) is 5.95 Å². The Balaban J connectivity index is 1.59. The van der Waals surface area contributed by atoms with Crippen molar-refractivity contribution in [1.29, 1.82) is 0 Å². The third-order valence-corrected chi connectivity index (χ3v) is 7.05. The van der Waals surface area contributed by atoms with E-state index in [1.165, 1.54) is 6.26 Å². The molecule has 1 saturated heterocycles. The van der Waals surface area contributed by atoms with Crippen molar-refractivity contribution < 1.29 is 13.2 Å². The van der Waals surface area contributed by atoms with Crippen LogP contribution in [0.3, 0.4) is 0 Å². The second kappa shape index (κ2) is 9.24. The number of nitrogens with zero attached hydrogens (tertiary/aromatic N) is 6. The zero-order valence-corrected chi connectivity index (χ0v) is 19.5. The van der Waals surface area contributed by atoms with Gasteiger partial charge in [0.05, 0.1) is 30.4 Å². The Labute approximate surface area is 192 Å². The molecule has 0 amide bonds. The number of nitrogens with two attached hydrogens (primary N) is 1. The van der Waals surface area contributed by atoms with E-state index in [0.717, 1.165) is 5.56 Å². The first kappa shape index (κ1) is 22.8. The molecule has 3 aromatic heterocycles. The molecule has 2 unspecified atom stereocenters. The summed E-state index contributed by atoms with van der Waals surface area (Å²) in [6.45, 7) is 2.85. The Morgan fingerprint density at radius 2 is 2.03 bits per heavy atom. The molecule has 11 nitrogen and oxygen atoms in total. The summed E-state index contributed by atoms with van der Waals surface area (Å²) in [6.07, 6.45) is 6.42. The average molecular weight is 471 g/mol. The van der Waals surface area contributed by atoms with Crippen LogP contribution in [0.4, 0.5) is 11.6 Å². The molecule has 33 heavy (non-hydrogen) atoms. The molecule has 4 rings (SSSR count). The number of aromatic nitrogens is 5. The van der Waals surface area contributed by atoms with E-state index >= 15 is 0 Å². The summed E-state index contributed by atoms with van der Waals surface area (Å²) in [5, 5.41) is 2.79. The van der Waals surface area contributed by atoms with E-state index in [0.29, 0.717) is 48.3 Å². The van der Waals surface area contributed by atoms with Gasteiger partial charge in [0.1, 0.15) is 5.82 Å². The van der Waals surface area contributed by atoms with E-state index < -0.39 is 21.3 Å². The number of hydrogen-bond donors (Lipinski definition) is 2.